The molecule has 2 rings (SSSR count). The van der Waals surface area contributed by atoms with Crippen LogP contribution in [0.5, 0.6) is 0 Å². The summed E-state index contributed by atoms with van der Waals surface area (Å²) >= 11 is 0. The van der Waals surface area contributed by atoms with E-state index in [0.717, 1.165) is 11.3 Å². The molecule has 6 heteroatoms. The Balaban J connectivity index is 2.20. The summed E-state index contributed by atoms with van der Waals surface area (Å²) in [5, 5.41) is 15.8. The standard InChI is InChI=1S/C16H19N3O3/c1-11(16(21)22)9-19(10-13-6-4-3-5-7-13)15(20)14-8-12(2)17-18-14/h3-8,11H,9-10H2,1-2H3,(H,17,18)(H,21,22)/t11-/m1/s1. The van der Waals surface area contributed by atoms with Crippen molar-refractivity contribution < 1.29 is 14.7 Å². The van der Waals surface area contributed by atoms with Gasteiger partial charge in [0.1, 0.15) is 5.69 Å². The predicted octanol–water partition coefficient (Wildman–Crippen LogP) is 2.08. The summed E-state index contributed by atoms with van der Waals surface area (Å²) in [5.41, 5.74) is 2.03. The monoisotopic (exact) mass is 301 g/mol. The lowest BCUT2D eigenvalue weighted by molar-refractivity contribution is -0.141. The number of nitrogens with zero attached hydrogens (tertiary/aromatic N) is 2. The van der Waals surface area contributed by atoms with Crippen LogP contribution in [0.25, 0.3) is 0 Å². The second-order valence-electron chi connectivity index (χ2n) is 5.35. The van der Waals surface area contributed by atoms with E-state index in [4.69, 9.17) is 5.11 Å². The van der Waals surface area contributed by atoms with Gasteiger partial charge in [-0.25, -0.2) is 0 Å². The van der Waals surface area contributed by atoms with E-state index in [-0.39, 0.29) is 12.5 Å². The van der Waals surface area contributed by atoms with Crippen molar-refractivity contribution in [2.24, 2.45) is 5.92 Å². The van der Waals surface area contributed by atoms with Gasteiger partial charge < -0.3 is 10.0 Å². The molecule has 0 fully saturated rings. The summed E-state index contributed by atoms with van der Waals surface area (Å²) in [4.78, 5) is 25.2. The average molecular weight is 301 g/mol. The highest BCUT2D eigenvalue weighted by Gasteiger charge is 2.23. The van der Waals surface area contributed by atoms with Crippen molar-refractivity contribution in [3.05, 3.63) is 53.3 Å². The molecule has 0 saturated heterocycles. The van der Waals surface area contributed by atoms with Gasteiger partial charge in [-0.05, 0) is 18.6 Å². The minimum Gasteiger partial charge on any atom is -0.481 e. The molecule has 0 unspecified atom stereocenters. The summed E-state index contributed by atoms with van der Waals surface area (Å²) in [6.07, 6.45) is 0. The van der Waals surface area contributed by atoms with Crippen LogP contribution in [0.15, 0.2) is 36.4 Å². The molecule has 0 saturated carbocycles. The first-order chi connectivity index (χ1) is 10.5. The van der Waals surface area contributed by atoms with E-state index in [9.17, 15) is 9.59 Å². The molecular formula is C16H19N3O3. The van der Waals surface area contributed by atoms with Gasteiger partial charge in [0.25, 0.3) is 5.91 Å². The maximum atomic E-state index is 12.6. The number of carbonyl (C=O) groups excluding carboxylic acids is 1. The van der Waals surface area contributed by atoms with E-state index < -0.39 is 11.9 Å². The molecule has 6 nitrogen and oxygen atoms in total. The molecule has 0 aliphatic heterocycles. The average Bonchev–Trinajstić information content (AvgIpc) is 2.93. The van der Waals surface area contributed by atoms with Crippen molar-refractivity contribution in [1.29, 1.82) is 0 Å². The van der Waals surface area contributed by atoms with Crippen molar-refractivity contribution in [2.45, 2.75) is 20.4 Å². The van der Waals surface area contributed by atoms with Gasteiger partial charge in [-0.1, -0.05) is 37.3 Å². The summed E-state index contributed by atoms with van der Waals surface area (Å²) in [7, 11) is 0. The van der Waals surface area contributed by atoms with Gasteiger partial charge in [0.05, 0.1) is 5.92 Å². The van der Waals surface area contributed by atoms with Crippen LogP contribution in [0.2, 0.25) is 0 Å². The van der Waals surface area contributed by atoms with Crippen LogP contribution < -0.4 is 0 Å². The molecule has 0 aliphatic rings. The van der Waals surface area contributed by atoms with E-state index in [1.807, 2.05) is 37.3 Å². The number of aromatic amines is 1. The van der Waals surface area contributed by atoms with Crippen molar-refractivity contribution in [1.82, 2.24) is 15.1 Å². The van der Waals surface area contributed by atoms with E-state index in [0.29, 0.717) is 12.2 Å². The highest BCUT2D eigenvalue weighted by Crippen LogP contribution is 2.12. The van der Waals surface area contributed by atoms with Crippen LogP contribution in [-0.4, -0.2) is 38.6 Å². The van der Waals surface area contributed by atoms with Crippen LogP contribution >= 0.6 is 0 Å². The number of hydrogen-bond acceptors (Lipinski definition) is 3. The zero-order valence-electron chi connectivity index (χ0n) is 12.6. The lowest BCUT2D eigenvalue weighted by Gasteiger charge is -2.24. The van der Waals surface area contributed by atoms with Crippen molar-refractivity contribution in [3.63, 3.8) is 0 Å². The Kier molecular flexibility index (Phi) is 4.93. The first-order valence-corrected chi connectivity index (χ1v) is 7.05. The van der Waals surface area contributed by atoms with Crippen LogP contribution in [0.1, 0.15) is 28.7 Å². The van der Waals surface area contributed by atoms with Gasteiger partial charge in [0.2, 0.25) is 0 Å². The first-order valence-electron chi connectivity index (χ1n) is 7.05. The Morgan fingerprint density at radius 1 is 1.32 bits per heavy atom. The quantitative estimate of drug-likeness (QED) is 0.855. The van der Waals surface area contributed by atoms with Crippen molar-refractivity contribution in [3.8, 4) is 0 Å². The number of hydrogen-bond donors (Lipinski definition) is 2. The Morgan fingerprint density at radius 3 is 2.55 bits per heavy atom. The molecule has 1 heterocycles. The molecule has 22 heavy (non-hydrogen) atoms. The third-order valence-electron chi connectivity index (χ3n) is 3.34. The maximum Gasteiger partial charge on any atom is 0.308 e. The van der Waals surface area contributed by atoms with E-state index in [1.54, 1.807) is 13.0 Å². The fourth-order valence-electron chi connectivity index (χ4n) is 2.12. The Bertz CT molecular complexity index is 652. The van der Waals surface area contributed by atoms with Crippen LogP contribution in [0.3, 0.4) is 0 Å². The number of amides is 1. The number of carboxylic acids is 1. The lowest BCUT2D eigenvalue weighted by atomic mass is 10.1. The minimum atomic E-state index is -0.927. The number of nitrogens with one attached hydrogen (secondary N) is 1. The highest BCUT2D eigenvalue weighted by atomic mass is 16.4. The second kappa shape index (κ2) is 6.89. The molecule has 2 N–H and O–H groups in total. The molecule has 1 aromatic carbocycles. The maximum absolute atomic E-state index is 12.6. The number of carboxylic acid groups (broad SMARTS) is 1. The molecule has 1 amide bonds. The van der Waals surface area contributed by atoms with Crippen LogP contribution in [-0.2, 0) is 11.3 Å². The van der Waals surface area contributed by atoms with Gasteiger partial charge >= 0.3 is 5.97 Å². The zero-order chi connectivity index (χ0) is 16.1. The molecular weight excluding hydrogens is 282 g/mol. The van der Waals surface area contributed by atoms with Crippen LogP contribution in [0, 0.1) is 12.8 Å². The normalized spacial score (nSPS) is 11.9. The number of aromatic nitrogens is 2. The van der Waals surface area contributed by atoms with Gasteiger partial charge in [0.15, 0.2) is 0 Å². The van der Waals surface area contributed by atoms with E-state index in [1.165, 1.54) is 4.90 Å². The number of H-pyrrole nitrogens is 1. The first kappa shape index (κ1) is 15.8. The molecule has 1 atom stereocenters. The number of aliphatic carboxylic acids is 1. The SMILES string of the molecule is Cc1cc(C(=O)N(Cc2ccccc2)C[C@@H](C)C(=O)O)n[nH]1. The van der Waals surface area contributed by atoms with Crippen molar-refractivity contribution >= 4 is 11.9 Å². The number of benzene rings is 1. The van der Waals surface area contributed by atoms with Gasteiger partial charge in [-0.15, -0.1) is 0 Å². The van der Waals surface area contributed by atoms with E-state index >= 15 is 0 Å². The summed E-state index contributed by atoms with van der Waals surface area (Å²) in [6, 6.07) is 11.1. The third-order valence-corrected chi connectivity index (χ3v) is 3.34. The number of carbonyl (C=O) groups is 2. The minimum absolute atomic E-state index is 0.134. The van der Waals surface area contributed by atoms with Crippen LogP contribution in [0.4, 0.5) is 0 Å². The topological polar surface area (TPSA) is 86.3 Å². The smallest absolute Gasteiger partial charge is 0.308 e. The summed E-state index contributed by atoms with van der Waals surface area (Å²) in [5.74, 6) is -1.85. The molecule has 0 bridgehead atoms. The second-order valence-corrected chi connectivity index (χ2v) is 5.35. The summed E-state index contributed by atoms with van der Waals surface area (Å²) < 4.78 is 0. The Labute approximate surface area is 128 Å². The number of aryl methyl sites for hydroxylation is 1. The molecule has 0 spiro atoms. The molecule has 0 aliphatic carbocycles. The van der Waals surface area contributed by atoms with Gasteiger partial charge in [0, 0.05) is 18.8 Å². The molecule has 116 valence electrons. The fraction of sp³-hybridized carbons (Fsp3) is 0.312. The van der Waals surface area contributed by atoms with Gasteiger partial charge in [-0.3, -0.25) is 14.7 Å². The summed E-state index contributed by atoms with van der Waals surface area (Å²) in [6.45, 7) is 3.88. The zero-order valence-corrected chi connectivity index (χ0v) is 12.6. The Hall–Kier alpha value is -2.63. The molecule has 0 radical (unpaired) electrons. The van der Waals surface area contributed by atoms with Gasteiger partial charge in [-0.2, -0.15) is 5.10 Å². The number of rotatable bonds is 6. The lowest BCUT2D eigenvalue weighted by Crippen LogP contribution is -2.36. The largest absolute Gasteiger partial charge is 0.481 e. The highest BCUT2D eigenvalue weighted by molar-refractivity contribution is 5.92. The third kappa shape index (κ3) is 3.94. The molecule has 1 aromatic heterocycles. The Morgan fingerprint density at radius 2 is 2.00 bits per heavy atom. The van der Waals surface area contributed by atoms with E-state index in [2.05, 4.69) is 10.2 Å². The molecule has 2 aromatic rings. The van der Waals surface area contributed by atoms with Crippen molar-refractivity contribution in [2.75, 3.05) is 6.54 Å². The fourth-order valence-corrected chi connectivity index (χ4v) is 2.12. The predicted molar refractivity (Wildman–Crippen MR) is 81.3 cm³/mol.